The Morgan fingerprint density at radius 1 is 1.23 bits per heavy atom. The Hall–Kier alpha value is -1.89. The molecule has 1 aromatic heterocycles. The summed E-state index contributed by atoms with van der Waals surface area (Å²) < 4.78 is 0. The van der Waals surface area contributed by atoms with E-state index in [2.05, 4.69) is 29.4 Å². The van der Waals surface area contributed by atoms with E-state index >= 15 is 0 Å². The third-order valence-corrected chi connectivity index (χ3v) is 4.39. The van der Waals surface area contributed by atoms with Crippen LogP contribution in [0.2, 0.25) is 0 Å². The van der Waals surface area contributed by atoms with Gasteiger partial charge >= 0.3 is 6.03 Å². The Bertz CT molecular complexity index is 611. The van der Waals surface area contributed by atoms with Crippen molar-refractivity contribution in [1.82, 2.24) is 0 Å². The molecule has 6 heteroatoms. The Morgan fingerprint density at radius 2 is 1.95 bits per heavy atom. The van der Waals surface area contributed by atoms with Crippen molar-refractivity contribution in [3.63, 3.8) is 0 Å². The highest BCUT2D eigenvalue weighted by atomic mass is 32.1. The first-order valence-electron chi connectivity index (χ1n) is 7.01. The maximum absolute atomic E-state index is 12.1. The number of carbonyl (C=O) groups excluding carboxylic acids is 1. The highest BCUT2D eigenvalue weighted by Crippen LogP contribution is 2.32. The molecule has 0 spiro atoms. The van der Waals surface area contributed by atoms with Crippen molar-refractivity contribution >= 4 is 28.7 Å². The molecular formula is C16H20N2O3S. The van der Waals surface area contributed by atoms with Crippen LogP contribution in [0.25, 0.3) is 0 Å². The van der Waals surface area contributed by atoms with Crippen molar-refractivity contribution in [3.8, 4) is 0 Å². The minimum absolute atomic E-state index is 0.280. The fourth-order valence-corrected chi connectivity index (χ4v) is 2.89. The third-order valence-electron chi connectivity index (χ3n) is 2.98. The molecule has 2 N–H and O–H groups in total. The molecule has 0 bridgehead atoms. The molecule has 0 aliphatic heterocycles. The summed E-state index contributed by atoms with van der Waals surface area (Å²) >= 11 is 1.61. The number of thiophene rings is 1. The topological polar surface area (TPSA) is 59.6 Å². The zero-order chi connectivity index (χ0) is 15.9. The van der Waals surface area contributed by atoms with Gasteiger partial charge in [0.05, 0.1) is 17.7 Å². The molecular weight excluding hydrogens is 300 g/mol. The summed E-state index contributed by atoms with van der Waals surface area (Å²) in [7, 11) is 1.46. The summed E-state index contributed by atoms with van der Waals surface area (Å²) in [6, 6.07) is 11.0. The van der Waals surface area contributed by atoms with E-state index in [1.54, 1.807) is 11.3 Å². The van der Waals surface area contributed by atoms with Crippen molar-refractivity contribution in [1.29, 1.82) is 0 Å². The molecule has 0 saturated heterocycles. The second-order valence-corrected chi connectivity index (χ2v) is 6.18. The molecule has 5 nitrogen and oxygen atoms in total. The molecule has 0 fully saturated rings. The number of hydrogen-bond donors (Lipinski definition) is 2. The van der Waals surface area contributed by atoms with Crippen LogP contribution >= 0.6 is 11.3 Å². The first-order valence-corrected chi connectivity index (χ1v) is 7.83. The Kier molecular flexibility index (Phi) is 5.94. The number of para-hydroxylation sites is 1. The quantitative estimate of drug-likeness (QED) is 0.604. The number of hydrogen-bond acceptors (Lipinski definition) is 4. The summed E-state index contributed by atoms with van der Waals surface area (Å²) in [5, 5.41) is 5.66. The highest BCUT2D eigenvalue weighted by molar-refractivity contribution is 7.12. The molecule has 2 rings (SSSR count). The zero-order valence-corrected chi connectivity index (χ0v) is 13.7. The van der Waals surface area contributed by atoms with Crippen LogP contribution in [0.5, 0.6) is 0 Å². The Morgan fingerprint density at radius 3 is 2.59 bits per heavy atom. The van der Waals surface area contributed by atoms with Gasteiger partial charge < -0.3 is 10.6 Å². The number of anilines is 2. The van der Waals surface area contributed by atoms with Gasteiger partial charge in [0.1, 0.15) is 6.61 Å². The largest absolute Gasteiger partial charge is 0.323 e. The summed E-state index contributed by atoms with van der Waals surface area (Å²) in [5.74, 6) is 0.388. The molecule has 0 saturated carbocycles. The average Bonchev–Trinajstić information content (AvgIpc) is 2.89. The van der Waals surface area contributed by atoms with Crippen molar-refractivity contribution in [2.24, 2.45) is 0 Å². The van der Waals surface area contributed by atoms with Gasteiger partial charge in [-0.25, -0.2) is 14.6 Å². The zero-order valence-electron chi connectivity index (χ0n) is 12.9. The lowest BCUT2D eigenvalue weighted by molar-refractivity contribution is -0.281. The molecule has 1 aromatic carbocycles. The van der Waals surface area contributed by atoms with Gasteiger partial charge in [0.15, 0.2) is 0 Å². The van der Waals surface area contributed by atoms with Crippen molar-refractivity contribution in [2.75, 3.05) is 17.7 Å². The Balaban J connectivity index is 2.08. The first-order chi connectivity index (χ1) is 10.6. The molecule has 22 heavy (non-hydrogen) atoms. The molecule has 118 valence electrons. The lowest BCUT2D eigenvalue weighted by Gasteiger charge is -2.08. The Labute approximate surface area is 134 Å². The van der Waals surface area contributed by atoms with Gasteiger partial charge in [-0.15, -0.1) is 11.3 Å². The number of carbonyl (C=O) groups is 1. The lowest BCUT2D eigenvalue weighted by atomic mass is 10.2. The maximum Gasteiger partial charge on any atom is 0.323 e. The number of amides is 2. The van der Waals surface area contributed by atoms with Gasteiger partial charge in [-0.3, -0.25) is 0 Å². The van der Waals surface area contributed by atoms with E-state index in [0.29, 0.717) is 12.5 Å². The van der Waals surface area contributed by atoms with E-state index in [1.807, 2.05) is 36.4 Å². The van der Waals surface area contributed by atoms with Gasteiger partial charge in [-0.05, 0) is 24.1 Å². The predicted octanol–water partition coefficient (Wildman–Crippen LogP) is 4.59. The third kappa shape index (κ3) is 4.56. The number of benzene rings is 1. The predicted molar refractivity (Wildman–Crippen MR) is 89.3 cm³/mol. The number of rotatable bonds is 6. The molecule has 1 heterocycles. The summed E-state index contributed by atoms with van der Waals surface area (Å²) in [6.07, 6.45) is 0. The van der Waals surface area contributed by atoms with E-state index in [1.165, 1.54) is 12.0 Å². The van der Waals surface area contributed by atoms with Crippen molar-refractivity contribution < 1.29 is 14.6 Å². The van der Waals surface area contributed by atoms with Crippen molar-refractivity contribution in [2.45, 2.75) is 26.4 Å². The normalized spacial score (nSPS) is 10.7. The summed E-state index contributed by atoms with van der Waals surface area (Å²) in [6.45, 7) is 4.52. The van der Waals surface area contributed by atoms with Crippen LogP contribution in [-0.4, -0.2) is 13.1 Å². The molecule has 0 aliphatic rings. The van der Waals surface area contributed by atoms with Crippen LogP contribution in [0.15, 0.2) is 36.4 Å². The lowest BCUT2D eigenvalue weighted by Crippen LogP contribution is -2.19. The molecule has 0 radical (unpaired) electrons. The van der Waals surface area contributed by atoms with Gasteiger partial charge in [0.25, 0.3) is 0 Å². The van der Waals surface area contributed by atoms with E-state index in [9.17, 15) is 4.79 Å². The maximum atomic E-state index is 12.1. The van der Waals surface area contributed by atoms with Crippen molar-refractivity contribution in [3.05, 3.63) is 46.2 Å². The second kappa shape index (κ2) is 7.93. The minimum Gasteiger partial charge on any atom is -0.308 e. The van der Waals surface area contributed by atoms with E-state index in [0.717, 1.165) is 16.3 Å². The fourth-order valence-electron chi connectivity index (χ4n) is 1.87. The average molecular weight is 320 g/mol. The summed E-state index contributed by atoms with van der Waals surface area (Å²) in [5.41, 5.74) is 1.49. The summed E-state index contributed by atoms with van der Waals surface area (Å²) in [4.78, 5) is 23.8. The molecule has 2 amide bonds. The molecule has 0 unspecified atom stereocenters. The smallest absolute Gasteiger partial charge is 0.308 e. The van der Waals surface area contributed by atoms with Crippen LogP contribution in [0.1, 0.15) is 29.5 Å². The fraction of sp³-hybridized carbons (Fsp3) is 0.312. The van der Waals surface area contributed by atoms with Gasteiger partial charge in [-0.1, -0.05) is 32.0 Å². The van der Waals surface area contributed by atoms with Crippen LogP contribution < -0.4 is 10.6 Å². The minimum atomic E-state index is -0.280. The number of nitrogens with one attached hydrogen (secondary N) is 2. The van der Waals surface area contributed by atoms with Gasteiger partial charge in [0.2, 0.25) is 0 Å². The van der Waals surface area contributed by atoms with Crippen LogP contribution in [0, 0.1) is 0 Å². The standard InChI is InChI=1S/C16H20N2O3S/c1-11(2)14-9-13(15(22-14)10-21-20-3)18-16(19)17-12-7-5-4-6-8-12/h4-9,11H,10H2,1-3H3,(H2,17,18,19). The molecule has 0 atom stereocenters. The van der Waals surface area contributed by atoms with Crippen LogP contribution in [-0.2, 0) is 16.4 Å². The van der Waals surface area contributed by atoms with Crippen LogP contribution in [0.4, 0.5) is 16.2 Å². The highest BCUT2D eigenvalue weighted by Gasteiger charge is 2.14. The second-order valence-electron chi connectivity index (χ2n) is 5.01. The number of urea groups is 1. The van der Waals surface area contributed by atoms with E-state index < -0.39 is 0 Å². The molecule has 2 aromatic rings. The SMILES string of the molecule is COOCc1sc(C(C)C)cc1NC(=O)Nc1ccccc1. The monoisotopic (exact) mass is 320 g/mol. The molecule has 0 aliphatic carbocycles. The van der Waals surface area contributed by atoms with Crippen LogP contribution in [0.3, 0.4) is 0 Å². The van der Waals surface area contributed by atoms with E-state index in [4.69, 9.17) is 4.89 Å². The van der Waals surface area contributed by atoms with Gasteiger partial charge in [-0.2, -0.15) is 0 Å². The van der Waals surface area contributed by atoms with Gasteiger partial charge in [0, 0.05) is 10.6 Å². The van der Waals surface area contributed by atoms with E-state index in [-0.39, 0.29) is 6.03 Å². The first kappa shape index (κ1) is 16.5.